The molecule has 1 aromatic carbocycles. The van der Waals surface area contributed by atoms with Crippen molar-refractivity contribution in [3.63, 3.8) is 0 Å². The lowest BCUT2D eigenvalue weighted by Gasteiger charge is -2.22. The van der Waals surface area contributed by atoms with Crippen molar-refractivity contribution in [2.24, 2.45) is 0 Å². The molecule has 1 aliphatic carbocycles. The zero-order valence-electron chi connectivity index (χ0n) is 13.1. The van der Waals surface area contributed by atoms with Crippen LogP contribution >= 0.6 is 11.6 Å². The van der Waals surface area contributed by atoms with Crippen molar-refractivity contribution in [2.75, 3.05) is 14.2 Å². The average molecular weight is 362 g/mol. The van der Waals surface area contributed by atoms with E-state index in [0.29, 0.717) is 4.47 Å². The van der Waals surface area contributed by atoms with E-state index >= 15 is 0 Å². The molecular formula is C15H20ClNO5S. The summed E-state index contributed by atoms with van der Waals surface area (Å²) in [6, 6.07) is 4.05. The van der Waals surface area contributed by atoms with Gasteiger partial charge in [-0.2, -0.15) is 0 Å². The van der Waals surface area contributed by atoms with Crippen molar-refractivity contribution >= 4 is 27.6 Å². The zero-order chi connectivity index (χ0) is 17.0. The molecule has 0 spiro atoms. The summed E-state index contributed by atoms with van der Waals surface area (Å²) in [7, 11) is -1.46. The Bertz CT molecular complexity index is 670. The first-order chi connectivity index (χ1) is 10.9. The van der Waals surface area contributed by atoms with E-state index in [9.17, 15) is 13.2 Å². The van der Waals surface area contributed by atoms with Gasteiger partial charge in [-0.05, 0) is 43.9 Å². The van der Waals surface area contributed by atoms with Crippen LogP contribution in [0.25, 0.3) is 0 Å². The summed E-state index contributed by atoms with van der Waals surface area (Å²) >= 11 is 5.96. The molecule has 0 bridgehead atoms. The minimum atomic E-state index is -3.94. The zero-order valence-corrected chi connectivity index (χ0v) is 14.7. The summed E-state index contributed by atoms with van der Waals surface area (Å²) in [5, 5.41) is 0.0168. The van der Waals surface area contributed by atoms with E-state index in [1.54, 1.807) is 0 Å². The molecule has 0 aliphatic heterocycles. The molecule has 23 heavy (non-hydrogen) atoms. The van der Waals surface area contributed by atoms with Gasteiger partial charge >= 0.3 is 5.97 Å². The van der Waals surface area contributed by atoms with Crippen molar-refractivity contribution in [2.45, 2.75) is 43.1 Å². The summed E-state index contributed by atoms with van der Waals surface area (Å²) in [6.07, 6.45) is 4.82. The summed E-state index contributed by atoms with van der Waals surface area (Å²) < 4.78 is 30.8. The number of benzene rings is 1. The number of halogens is 1. The fourth-order valence-electron chi connectivity index (χ4n) is 2.47. The molecular weight excluding hydrogens is 342 g/mol. The molecule has 0 amide bonds. The van der Waals surface area contributed by atoms with Crippen LogP contribution < -0.4 is 0 Å². The summed E-state index contributed by atoms with van der Waals surface area (Å²) in [6.45, 7) is 0. The molecule has 0 saturated heterocycles. The topological polar surface area (TPSA) is 72.9 Å². The van der Waals surface area contributed by atoms with Gasteiger partial charge in [-0.3, -0.25) is 4.84 Å². The second-order valence-electron chi connectivity index (χ2n) is 5.41. The number of hydrogen-bond acceptors (Lipinski definition) is 5. The minimum Gasteiger partial charge on any atom is -0.459 e. The minimum absolute atomic E-state index is 0.0168. The highest BCUT2D eigenvalue weighted by molar-refractivity contribution is 7.89. The van der Waals surface area contributed by atoms with Gasteiger partial charge in [-0.1, -0.05) is 22.5 Å². The second kappa shape index (κ2) is 7.61. The Morgan fingerprint density at radius 2 is 1.91 bits per heavy atom. The first-order valence-corrected chi connectivity index (χ1v) is 9.21. The van der Waals surface area contributed by atoms with Crippen molar-refractivity contribution in [3.8, 4) is 0 Å². The van der Waals surface area contributed by atoms with Gasteiger partial charge in [-0.15, -0.1) is 0 Å². The van der Waals surface area contributed by atoms with Gasteiger partial charge in [-0.25, -0.2) is 13.2 Å². The molecule has 128 valence electrons. The van der Waals surface area contributed by atoms with Crippen LogP contribution in [0, 0.1) is 0 Å². The molecule has 0 atom stereocenters. The molecule has 2 rings (SSSR count). The van der Waals surface area contributed by atoms with E-state index in [2.05, 4.69) is 0 Å². The van der Waals surface area contributed by atoms with E-state index in [1.165, 1.54) is 32.4 Å². The molecule has 0 unspecified atom stereocenters. The Hall–Kier alpha value is -1.15. The third-order valence-electron chi connectivity index (χ3n) is 3.87. The van der Waals surface area contributed by atoms with Crippen molar-refractivity contribution in [1.82, 2.24) is 4.47 Å². The molecule has 8 heteroatoms. The van der Waals surface area contributed by atoms with Gasteiger partial charge in [0.15, 0.2) is 0 Å². The van der Waals surface area contributed by atoms with Gasteiger partial charge in [0.25, 0.3) is 10.0 Å². The lowest BCUT2D eigenvalue weighted by molar-refractivity contribution is -0.0258. The van der Waals surface area contributed by atoms with E-state index in [0.717, 1.165) is 32.1 Å². The van der Waals surface area contributed by atoms with Crippen LogP contribution in [0.3, 0.4) is 0 Å². The molecule has 0 aromatic heterocycles. The smallest absolute Gasteiger partial charge is 0.338 e. The molecule has 1 aromatic rings. The van der Waals surface area contributed by atoms with Gasteiger partial charge in [0.05, 0.1) is 17.7 Å². The first kappa shape index (κ1) is 18.2. The highest BCUT2D eigenvalue weighted by Gasteiger charge is 2.26. The third kappa shape index (κ3) is 4.23. The third-order valence-corrected chi connectivity index (χ3v) is 6.03. The molecule has 1 saturated carbocycles. The highest BCUT2D eigenvalue weighted by Crippen LogP contribution is 2.27. The average Bonchev–Trinajstić information content (AvgIpc) is 2.55. The van der Waals surface area contributed by atoms with E-state index in [-0.39, 0.29) is 21.6 Å². The van der Waals surface area contributed by atoms with Gasteiger partial charge in [0.2, 0.25) is 0 Å². The van der Waals surface area contributed by atoms with Crippen LogP contribution in [0.4, 0.5) is 0 Å². The van der Waals surface area contributed by atoms with Crippen LogP contribution in [0.1, 0.15) is 42.5 Å². The number of ether oxygens (including phenoxy) is 1. The van der Waals surface area contributed by atoms with Crippen LogP contribution in [0.5, 0.6) is 0 Å². The number of rotatable bonds is 5. The Labute approximate surface area is 141 Å². The normalized spacial score (nSPS) is 16.5. The fraction of sp³-hybridized carbons (Fsp3) is 0.533. The SMILES string of the molecule is CON(C)S(=O)(=O)c1cc(C(=O)OC2CCCCC2)ccc1Cl. The van der Waals surface area contributed by atoms with Gasteiger partial charge in [0, 0.05) is 7.05 Å². The maximum atomic E-state index is 12.3. The van der Waals surface area contributed by atoms with Gasteiger partial charge < -0.3 is 4.74 Å². The Kier molecular flexibility index (Phi) is 6.02. The second-order valence-corrected chi connectivity index (χ2v) is 7.72. The molecule has 6 nitrogen and oxygen atoms in total. The summed E-state index contributed by atoms with van der Waals surface area (Å²) in [4.78, 5) is 16.8. The Balaban J connectivity index is 2.24. The predicted octanol–water partition coefficient (Wildman–Crippen LogP) is 3.01. The van der Waals surface area contributed by atoms with Crippen LogP contribution in [-0.2, 0) is 19.6 Å². The number of hydrogen-bond donors (Lipinski definition) is 0. The monoisotopic (exact) mass is 361 g/mol. The van der Waals surface area contributed by atoms with Crippen molar-refractivity contribution < 1.29 is 22.8 Å². The number of esters is 1. The molecule has 0 N–H and O–H groups in total. The number of hydroxylamine groups is 1. The number of nitrogens with zero attached hydrogens (tertiary/aromatic N) is 1. The van der Waals surface area contributed by atoms with Crippen LogP contribution in [-0.4, -0.2) is 39.1 Å². The molecule has 1 fully saturated rings. The molecule has 0 radical (unpaired) electrons. The Morgan fingerprint density at radius 1 is 1.26 bits per heavy atom. The molecule has 0 heterocycles. The maximum Gasteiger partial charge on any atom is 0.338 e. The quantitative estimate of drug-likeness (QED) is 0.595. The van der Waals surface area contributed by atoms with E-state index < -0.39 is 16.0 Å². The standard InChI is InChI=1S/C15H20ClNO5S/c1-17(21-2)23(19,20)14-10-11(8-9-13(14)16)15(18)22-12-6-4-3-5-7-12/h8-10,12H,3-7H2,1-2H3. The van der Waals surface area contributed by atoms with Gasteiger partial charge in [0.1, 0.15) is 11.0 Å². The van der Waals surface area contributed by atoms with E-state index in [1.807, 2.05) is 0 Å². The fourth-order valence-corrected chi connectivity index (χ4v) is 3.94. The first-order valence-electron chi connectivity index (χ1n) is 7.40. The van der Waals surface area contributed by atoms with E-state index in [4.69, 9.17) is 21.2 Å². The lowest BCUT2D eigenvalue weighted by atomic mass is 9.98. The van der Waals surface area contributed by atoms with Crippen molar-refractivity contribution in [3.05, 3.63) is 28.8 Å². The lowest BCUT2D eigenvalue weighted by Crippen LogP contribution is -2.26. The summed E-state index contributed by atoms with van der Waals surface area (Å²) in [5.74, 6) is -0.537. The number of sulfonamides is 1. The Morgan fingerprint density at radius 3 is 2.52 bits per heavy atom. The van der Waals surface area contributed by atoms with Crippen molar-refractivity contribution in [1.29, 1.82) is 0 Å². The summed E-state index contributed by atoms with van der Waals surface area (Å²) in [5.41, 5.74) is 0.156. The number of carbonyl (C=O) groups is 1. The maximum absolute atomic E-state index is 12.3. The van der Waals surface area contributed by atoms with Crippen LogP contribution in [0.2, 0.25) is 5.02 Å². The molecule has 1 aliphatic rings. The largest absolute Gasteiger partial charge is 0.459 e. The predicted molar refractivity (Wildman–Crippen MR) is 85.7 cm³/mol. The van der Waals surface area contributed by atoms with Crippen LogP contribution in [0.15, 0.2) is 23.1 Å². The highest BCUT2D eigenvalue weighted by atomic mass is 35.5. The number of carbonyl (C=O) groups excluding carboxylic acids is 1.